The predicted octanol–water partition coefficient (Wildman–Crippen LogP) is 4.44. The Hall–Kier alpha value is -4.28. The first-order valence-electron chi connectivity index (χ1n) is 11.7. The van der Waals surface area contributed by atoms with Crippen LogP contribution in [0.15, 0.2) is 48.5 Å². The molecule has 0 aliphatic carbocycles. The molecule has 4 rings (SSSR count). The summed E-state index contributed by atoms with van der Waals surface area (Å²) in [6.07, 6.45) is 0. The second-order valence-corrected chi connectivity index (χ2v) is 9.84. The average molecular weight is 519 g/mol. The summed E-state index contributed by atoms with van der Waals surface area (Å²) in [5.41, 5.74) is 0.120. The normalized spacial score (nSPS) is 11.4. The van der Waals surface area contributed by atoms with Gasteiger partial charge < -0.3 is 20.5 Å². The summed E-state index contributed by atoms with van der Waals surface area (Å²) < 4.78 is 46.1. The number of aromatic nitrogens is 2. The Morgan fingerprint density at radius 2 is 1.68 bits per heavy atom. The van der Waals surface area contributed by atoms with Crippen LogP contribution < -0.4 is 21.4 Å². The van der Waals surface area contributed by atoms with Crippen molar-refractivity contribution in [3.63, 3.8) is 0 Å². The highest BCUT2D eigenvalue weighted by Crippen LogP contribution is 2.29. The minimum absolute atomic E-state index is 0.0177. The molecule has 3 aromatic carbocycles. The molecule has 0 unspecified atom stereocenters. The lowest BCUT2D eigenvalue weighted by molar-refractivity contribution is -0.128. The van der Waals surface area contributed by atoms with Gasteiger partial charge in [-0.05, 0) is 24.3 Å². The zero-order valence-corrected chi connectivity index (χ0v) is 21.2. The first-order chi connectivity index (χ1) is 17.8. The highest BCUT2D eigenvalue weighted by atomic mass is 19.1. The van der Waals surface area contributed by atoms with Crippen LogP contribution in [0, 0.1) is 22.9 Å². The van der Waals surface area contributed by atoms with Gasteiger partial charge in [-0.1, -0.05) is 44.4 Å². The minimum Gasteiger partial charge on any atom is -0.351 e. The maximum absolute atomic E-state index is 15.2. The summed E-state index contributed by atoms with van der Waals surface area (Å²) in [5, 5.41) is 7.84. The summed E-state index contributed by atoms with van der Waals surface area (Å²) in [6, 6.07) is 11.1. The predicted molar refractivity (Wildman–Crippen MR) is 141 cm³/mol. The molecular formula is C27H25BF3N5O2. The first kappa shape index (κ1) is 26.8. The van der Waals surface area contributed by atoms with Gasteiger partial charge in [-0.2, -0.15) is 0 Å². The Morgan fingerprint density at radius 1 is 1.00 bits per heavy atom. The van der Waals surface area contributed by atoms with Crippen LogP contribution in [0.2, 0.25) is 0 Å². The SMILES string of the molecule is [B]c1ccc(NC(=O)c2cc3nc(Nc4c(F)ccc(CNC(=O)C(C)(C)C)c4F)n(C)c3cc2F)cc1. The van der Waals surface area contributed by atoms with Crippen molar-refractivity contribution >= 4 is 53.5 Å². The van der Waals surface area contributed by atoms with E-state index in [1.807, 2.05) is 0 Å². The number of imidazole rings is 1. The highest BCUT2D eigenvalue weighted by Gasteiger charge is 2.23. The second-order valence-electron chi connectivity index (χ2n) is 9.84. The minimum atomic E-state index is -0.902. The van der Waals surface area contributed by atoms with Gasteiger partial charge in [0.1, 0.15) is 25.2 Å². The number of carbonyl (C=O) groups is 2. The standard InChI is InChI=1S/C27H25BF3N5O2/c1-27(2,3)25(38)32-13-14-5-10-18(29)23(22(14)31)35-26-34-20-11-17(19(30)12-21(20)36(26)4)24(37)33-16-8-6-15(28)7-9-16/h5-12H,13H2,1-4H3,(H,32,38)(H,33,37)(H,34,35). The lowest BCUT2D eigenvalue weighted by Gasteiger charge is -2.18. The third kappa shape index (κ3) is 5.51. The van der Waals surface area contributed by atoms with Crippen LogP contribution in [0.3, 0.4) is 0 Å². The molecule has 4 aromatic rings. The highest BCUT2D eigenvalue weighted by molar-refractivity contribution is 6.32. The fraction of sp³-hybridized carbons (Fsp3) is 0.222. The molecule has 2 amide bonds. The van der Waals surface area contributed by atoms with Gasteiger partial charge in [0.2, 0.25) is 11.9 Å². The lowest BCUT2D eigenvalue weighted by Crippen LogP contribution is -2.34. The largest absolute Gasteiger partial charge is 0.351 e. The number of carbonyl (C=O) groups excluding carboxylic acids is 2. The molecule has 3 N–H and O–H groups in total. The number of aryl methyl sites for hydroxylation is 1. The van der Waals surface area contributed by atoms with Crippen LogP contribution in [0.25, 0.3) is 11.0 Å². The van der Waals surface area contributed by atoms with Crippen molar-refractivity contribution in [3.05, 3.63) is 77.1 Å². The molecule has 0 saturated heterocycles. The third-order valence-electron chi connectivity index (χ3n) is 5.91. The van der Waals surface area contributed by atoms with Gasteiger partial charge in [-0.15, -0.1) is 0 Å². The van der Waals surface area contributed by atoms with E-state index in [2.05, 4.69) is 20.9 Å². The van der Waals surface area contributed by atoms with Crippen molar-refractivity contribution < 1.29 is 22.8 Å². The molecule has 11 heteroatoms. The average Bonchev–Trinajstić information content (AvgIpc) is 3.15. The molecule has 0 aliphatic heterocycles. The smallest absolute Gasteiger partial charge is 0.258 e. The maximum Gasteiger partial charge on any atom is 0.258 e. The number of halogens is 3. The van der Waals surface area contributed by atoms with E-state index in [1.165, 1.54) is 23.7 Å². The van der Waals surface area contributed by atoms with Crippen molar-refractivity contribution in [1.82, 2.24) is 14.9 Å². The number of amides is 2. The third-order valence-corrected chi connectivity index (χ3v) is 5.91. The van der Waals surface area contributed by atoms with Crippen LogP contribution >= 0.6 is 0 Å². The van der Waals surface area contributed by atoms with Crippen molar-refractivity contribution in [3.8, 4) is 0 Å². The Kier molecular flexibility index (Phi) is 7.21. The Morgan fingerprint density at radius 3 is 2.34 bits per heavy atom. The van der Waals surface area contributed by atoms with Crippen molar-refractivity contribution in [2.24, 2.45) is 12.5 Å². The Labute approximate surface area is 218 Å². The molecule has 0 saturated carbocycles. The maximum atomic E-state index is 15.2. The van der Waals surface area contributed by atoms with Crippen LogP contribution in [-0.4, -0.2) is 29.2 Å². The second kappa shape index (κ2) is 10.2. The van der Waals surface area contributed by atoms with E-state index in [0.717, 1.165) is 12.1 Å². The number of hydrogen-bond donors (Lipinski definition) is 3. The van der Waals surface area contributed by atoms with Crippen LogP contribution in [0.1, 0.15) is 36.7 Å². The molecule has 2 radical (unpaired) electrons. The van der Waals surface area contributed by atoms with E-state index in [0.29, 0.717) is 16.7 Å². The van der Waals surface area contributed by atoms with Crippen molar-refractivity contribution in [2.45, 2.75) is 27.3 Å². The van der Waals surface area contributed by atoms with Crippen molar-refractivity contribution in [1.29, 1.82) is 0 Å². The monoisotopic (exact) mass is 519 g/mol. The van der Waals surface area contributed by atoms with Crippen molar-refractivity contribution in [2.75, 3.05) is 10.6 Å². The number of nitrogens with zero attached hydrogens (tertiary/aromatic N) is 2. The van der Waals surface area contributed by atoms with Crippen LogP contribution in [0.5, 0.6) is 0 Å². The molecule has 38 heavy (non-hydrogen) atoms. The topological polar surface area (TPSA) is 88.1 Å². The quantitative estimate of drug-likeness (QED) is 0.329. The first-order valence-corrected chi connectivity index (χ1v) is 11.7. The van der Waals surface area contributed by atoms with Gasteiger partial charge >= 0.3 is 0 Å². The van der Waals surface area contributed by atoms with E-state index >= 15 is 4.39 Å². The van der Waals surface area contributed by atoms with Gasteiger partial charge in [0, 0.05) is 36.3 Å². The number of nitrogens with one attached hydrogen (secondary N) is 3. The molecular weight excluding hydrogens is 494 g/mol. The van der Waals surface area contributed by atoms with Gasteiger partial charge in [-0.25, -0.2) is 18.2 Å². The zero-order valence-electron chi connectivity index (χ0n) is 21.2. The van der Waals surface area contributed by atoms with Gasteiger partial charge in [0.15, 0.2) is 5.82 Å². The number of rotatable bonds is 6. The molecule has 0 atom stereocenters. The Bertz CT molecular complexity index is 1550. The van der Waals surface area contributed by atoms with Crippen LogP contribution in [-0.2, 0) is 18.4 Å². The molecule has 0 aliphatic rings. The van der Waals surface area contributed by atoms with E-state index in [-0.39, 0.29) is 35.0 Å². The Balaban J connectivity index is 1.61. The lowest BCUT2D eigenvalue weighted by atomic mass is 9.95. The number of fused-ring (bicyclic) bond motifs is 1. The van der Waals surface area contributed by atoms with E-state index < -0.39 is 34.5 Å². The summed E-state index contributed by atoms with van der Waals surface area (Å²) in [5.74, 6) is -3.55. The molecule has 194 valence electrons. The van der Waals surface area contributed by atoms with E-state index in [1.54, 1.807) is 45.0 Å². The summed E-state index contributed by atoms with van der Waals surface area (Å²) in [6.45, 7) is 5.02. The van der Waals surface area contributed by atoms with Gasteiger partial charge in [0.25, 0.3) is 5.91 Å². The molecule has 1 heterocycles. The number of benzene rings is 3. The molecule has 1 aromatic heterocycles. The van der Waals surface area contributed by atoms with Gasteiger partial charge in [0.05, 0.1) is 16.6 Å². The number of anilines is 3. The zero-order chi connectivity index (χ0) is 27.8. The van der Waals surface area contributed by atoms with Crippen LogP contribution in [0.4, 0.5) is 30.5 Å². The molecule has 0 spiro atoms. The fourth-order valence-corrected chi connectivity index (χ4v) is 3.66. The fourth-order valence-electron chi connectivity index (χ4n) is 3.66. The van der Waals surface area contributed by atoms with E-state index in [4.69, 9.17) is 7.85 Å². The van der Waals surface area contributed by atoms with E-state index in [9.17, 15) is 18.4 Å². The summed E-state index contributed by atoms with van der Waals surface area (Å²) in [4.78, 5) is 29.2. The summed E-state index contributed by atoms with van der Waals surface area (Å²) >= 11 is 0. The molecule has 0 fully saturated rings. The summed E-state index contributed by atoms with van der Waals surface area (Å²) in [7, 11) is 7.18. The molecule has 7 nitrogen and oxygen atoms in total. The van der Waals surface area contributed by atoms with Gasteiger partial charge in [-0.3, -0.25) is 9.59 Å². The number of hydrogen-bond acceptors (Lipinski definition) is 4. The molecule has 0 bridgehead atoms.